The zero-order chi connectivity index (χ0) is 9.35. The molecule has 12 heavy (non-hydrogen) atoms. The van der Waals surface area contributed by atoms with Crippen molar-refractivity contribution in [3.05, 3.63) is 23.2 Å². The Labute approximate surface area is 79.1 Å². The lowest BCUT2D eigenvalue weighted by Crippen LogP contribution is -2.01. The van der Waals surface area contributed by atoms with Gasteiger partial charge in [0.05, 0.1) is 4.90 Å². The predicted octanol–water partition coefficient (Wildman–Crippen LogP) is 1.24. The summed E-state index contributed by atoms with van der Waals surface area (Å²) >= 11 is 5.72. The smallest absolute Gasteiger partial charge is 0.175 e. The molecule has 1 rings (SSSR count). The molecule has 1 atom stereocenters. The third-order valence-electron chi connectivity index (χ3n) is 1.40. The van der Waals surface area contributed by atoms with Crippen LogP contribution in [0, 0.1) is 0 Å². The molecule has 1 aromatic carbocycles. The fourth-order valence-corrected chi connectivity index (χ4v) is 1.92. The van der Waals surface area contributed by atoms with Crippen LogP contribution in [0.15, 0.2) is 23.1 Å². The molecule has 1 aromatic rings. The van der Waals surface area contributed by atoms with E-state index in [1.807, 2.05) is 0 Å². The fourth-order valence-electron chi connectivity index (χ4n) is 0.752. The van der Waals surface area contributed by atoms with Crippen LogP contribution < -0.4 is 5.30 Å². The van der Waals surface area contributed by atoms with Crippen molar-refractivity contribution >= 4 is 36.0 Å². The molecule has 0 aliphatic rings. The van der Waals surface area contributed by atoms with Crippen LogP contribution in [0.3, 0.4) is 0 Å². The summed E-state index contributed by atoms with van der Waals surface area (Å²) in [5.41, 5.74) is 0. The molecule has 0 aliphatic carbocycles. The van der Waals surface area contributed by atoms with Gasteiger partial charge in [0.15, 0.2) is 9.84 Å². The van der Waals surface area contributed by atoms with E-state index in [4.69, 9.17) is 11.6 Å². The number of rotatable bonds is 1. The normalized spacial score (nSPS) is 11.6. The van der Waals surface area contributed by atoms with Gasteiger partial charge in [-0.3, -0.25) is 0 Å². The molecule has 0 heterocycles. The highest BCUT2D eigenvalue weighted by Crippen LogP contribution is 2.14. The van der Waals surface area contributed by atoms with Gasteiger partial charge in [-0.15, -0.1) is 9.24 Å². The summed E-state index contributed by atoms with van der Waals surface area (Å²) in [6.45, 7) is 0. The van der Waals surface area contributed by atoms with E-state index in [-0.39, 0.29) is 4.90 Å². The van der Waals surface area contributed by atoms with Crippen molar-refractivity contribution in [1.29, 1.82) is 0 Å². The molecule has 0 spiro atoms. The molecule has 0 bridgehead atoms. The van der Waals surface area contributed by atoms with Crippen LogP contribution in [0.1, 0.15) is 0 Å². The Kier molecular flexibility index (Phi) is 2.77. The molecular formula is C7H8ClO2PS. The van der Waals surface area contributed by atoms with Crippen molar-refractivity contribution in [3.63, 3.8) is 0 Å². The zero-order valence-electron chi connectivity index (χ0n) is 6.41. The van der Waals surface area contributed by atoms with Crippen molar-refractivity contribution in [1.82, 2.24) is 0 Å². The summed E-state index contributed by atoms with van der Waals surface area (Å²) in [4.78, 5) is 0.289. The average molecular weight is 223 g/mol. The summed E-state index contributed by atoms with van der Waals surface area (Å²) in [7, 11) is -0.732. The van der Waals surface area contributed by atoms with Crippen LogP contribution in [-0.2, 0) is 9.84 Å². The molecule has 0 radical (unpaired) electrons. The van der Waals surface area contributed by atoms with E-state index in [9.17, 15) is 8.42 Å². The van der Waals surface area contributed by atoms with E-state index in [0.717, 1.165) is 0 Å². The molecule has 0 aliphatic heterocycles. The highest BCUT2D eigenvalue weighted by Gasteiger charge is 2.07. The largest absolute Gasteiger partial charge is 0.224 e. The van der Waals surface area contributed by atoms with Gasteiger partial charge in [-0.05, 0) is 23.5 Å². The molecule has 5 heteroatoms. The van der Waals surface area contributed by atoms with Crippen LogP contribution >= 0.6 is 20.8 Å². The maximum Gasteiger partial charge on any atom is 0.175 e. The molecule has 0 amide bonds. The Morgan fingerprint density at radius 3 is 2.42 bits per heavy atom. The van der Waals surface area contributed by atoms with E-state index in [0.29, 0.717) is 10.3 Å². The van der Waals surface area contributed by atoms with Crippen molar-refractivity contribution < 1.29 is 8.42 Å². The van der Waals surface area contributed by atoms with Gasteiger partial charge < -0.3 is 0 Å². The standard InChI is InChI=1S/C7H8ClO2PS/c1-12(9,10)5-2-3-6(8)7(11)4-5/h2-4H,11H2,1H3. The van der Waals surface area contributed by atoms with Gasteiger partial charge in [0.25, 0.3) is 0 Å². The van der Waals surface area contributed by atoms with E-state index in [1.165, 1.54) is 18.4 Å². The van der Waals surface area contributed by atoms with Crippen LogP contribution in [-0.4, -0.2) is 14.7 Å². The third-order valence-corrected chi connectivity index (χ3v) is 3.51. The maximum atomic E-state index is 11.0. The van der Waals surface area contributed by atoms with Crippen LogP contribution in [0.2, 0.25) is 5.02 Å². The van der Waals surface area contributed by atoms with Gasteiger partial charge in [-0.25, -0.2) is 8.42 Å². The van der Waals surface area contributed by atoms with Gasteiger partial charge in [-0.2, -0.15) is 0 Å². The van der Waals surface area contributed by atoms with E-state index in [2.05, 4.69) is 9.24 Å². The second-order valence-electron chi connectivity index (χ2n) is 2.46. The number of hydrogen-bond acceptors (Lipinski definition) is 2. The average Bonchev–Trinajstić information content (AvgIpc) is 1.92. The molecule has 0 fully saturated rings. The topological polar surface area (TPSA) is 34.1 Å². The lowest BCUT2D eigenvalue weighted by atomic mass is 10.4. The Morgan fingerprint density at radius 1 is 1.42 bits per heavy atom. The Bertz CT molecular complexity index is 400. The Balaban J connectivity index is 3.33. The first-order chi connectivity index (χ1) is 5.41. The minimum absolute atomic E-state index is 0.289. The zero-order valence-corrected chi connectivity index (χ0v) is 9.14. The fraction of sp³-hybridized carbons (Fsp3) is 0.143. The molecule has 1 unspecified atom stereocenters. The summed E-state index contributed by atoms with van der Waals surface area (Å²) in [5, 5.41) is 1.24. The second kappa shape index (κ2) is 3.33. The van der Waals surface area contributed by atoms with E-state index >= 15 is 0 Å². The molecule has 0 N–H and O–H groups in total. The van der Waals surface area contributed by atoms with Crippen molar-refractivity contribution in [3.8, 4) is 0 Å². The highest BCUT2D eigenvalue weighted by atomic mass is 35.5. The monoisotopic (exact) mass is 222 g/mol. The Hall–Kier alpha value is -0.110. The number of hydrogen-bond donors (Lipinski definition) is 0. The molecule has 2 nitrogen and oxygen atoms in total. The van der Waals surface area contributed by atoms with Gasteiger partial charge in [0, 0.05) is 11.3 Å². The van der Waals surface area contributed by atoms with Crippen LogP contribution in [0.25, 0.3) is 0 Å². The third kappa shape index (κ3) is 2.19. The van der Waals surface area contributed by atoms with Gasteiger partial charge in [0.2, 0.25) is 0 Å². The van der Waals surface area contributed by atoms with Crippen molar-refractivity contribution in [2.45, 2.75) is 4.90 Å². The molecule has 0 aromatic heterocycles. The summed E-state index contributed by atoms with van der Waals surface area (Å²) in [6.07, 6.45) is 1.17. The Morgan fingerprint density at radius 2 is 2.00 bits per heavy atom. The number of benzene rings is 1. The minimum atomic E-state index is -3.11. The maximum absolute atomic E-state index is 11.0. The summed E-state index contributed by atoms with van der Waals surface area (Å²) < 4.78 is 22.1. The molecule has 66 valence electrons. The minimum Gasteiger partial charge on any atom is -0.224 e. The lowest BCUT2D eigenvalue weighted by molar-refractivity contribution is 0.602. The predicted molar refractivity (Wildman–Crippen MR) is 53.9 cm³/mol. The molecular weight excluding hydrogens is 215 g/mol. The van der Waals surface area contributed by atoms with Crippen molar-refractivity contribution in [2.24, 2.45) is 0 Å². The SMILES string of the molecule is CS(=O)(=O)c1ccc(Cl)c(P)c1. The quantitative estimate of drug-likeness (QED) is 0.670. The van der Waals surface area contributed by atoms with Gasteiger partial charge in [-0.1, -0.05) is 11.6 Å². The number of sulfone groups is 1. The van der Waals surface area contributed by atoms with E-state index < -0.39 is 9.84 Å². The van der Waals surface area contributed by atoms with Crippen molar-refractivity contribution in [2.75, 3.05) is 6.26 Å². The number of halogens is 1. The first-order valence-electron chi connectivity index (χ1n) is 3.16. The van der Waals surface area contributed by atoms with Crippen LogP contribution in [0.5, 0.6) is 0 Å². The van der Waals surface area contributed by atoms with Crippen LogP contribution in [0.4, 0.5) is 0 Å². The molecule has 0 saturated carbocycles. The van der Waals surface area contributed by atoms with Gasteiger partial charge >= 0.3 is 0 Å². The first-order valence-corrected chi connectivity index (χ1v) is 6.01. The molecule has 0 saturated heterocycles. The summed E-state index contributed by atoms with van der Waals surface area (Å²) in [5.74, 6) is 0. The summed E-state index contributed by atoms with van der Waals surface area (Å²) in [6, 6.07) is 4.59. The second-order valence-corrected chi connectivity index (χ2v) is 5.50. The van der Waals surface area contributed by atoms with E-state index in [1.54, 1.807) is 6.07 Å². The van der Waals surface area contributed by atoms with Gasteiger partial charge in [0.1, 0.15) is 0 Å². The highest BCUT2D eigenvalue weighted by molar-refractivity contribution is 7.90. The first kappa shape index (κ1) is 9.97. The lowest BCUT2D eigenvalue weighted by Gasteiger charge is -2.00.